The lowest BCUT2D eigenvalue weighted by Gasteiger charge is -2.12. The predicted octanol–water partition coefficient (Wildman–Crippen LogP) is 12.0. The monoisotopic (exact) mass is 641 g/mol. The molecule has 3 aromatic heterocycles. The number of rotatable bonds is 5. The topological polar surface area (TPSA) is 65.0 Å². The lowest BCUT2D eigenvalue weighted by molar-refractivity contribution is 0.668. The van der Waals surface area contributed by atoms with Crippen molar-refractivity contribution in [2.45, 2.75) is 0 Å². The largest absolute Gasteiger partial charge is 0.456 e. The fourth-order valence-corrected chi connectivity index (χ4v) is 6.84. The summed E-state index contributed by atoms with van der Waals surface area (Å²) in [6.45, 7) is 0. The first-order chi connectivity index (χ1) is 24.7. The maximum Gasteiger partial charge on any atom is 0.164 e. The molecule has 0 saturated carbocycles. The minimum Gasteiger partial charge on any atom is -0.456 e. The molecule has 0 spiro atoms. The van der Waals surface area contributed by atoms with Crippen molar-refractivity contribution in [3.8, 4) is 56.4 Å². The zero-order chi connectivity index (χ0) is 33.0. The molecule has 5 nitrogen and oxygen atoms in total. The highest BCUT2D eigenvalue weighted by Gasteiger charge is 2.17. The number of aromatic nitrogens is 3. The number of para-hydroxylation sites is 2. The van der Waals surface area contributed by atoms with Gasteiger partial charge in [0.1, 0.15) is 22.3 Å². The first-order valence-corrected chi connectivity index (χ1v) is 16.6. The summed E-state index contributed by atoms with van der Waals surface area (Å²) in [7, 11) is 0. The molecule has 10 rings (SSSR count). The SMILES string of the molecule is c1ccc(-c2cc(-c3ccccc3)cc(-c3nc(-c4ccc5c(c4)oc4ccccc45)nc(-c4ccc5c(c4)oc4ccccc45)n3)c2)cc1. The third-order valence-corrected chi connectivity index (χ3v) is 9.31. The highest BCUT2D eigenvalue weighted by molar-refractivity contribution is 6.06. The molecule has 5 heteroatoms. The molecule has 0 atom stereocenters. The van der Waals surface area contributed by atoms with E-state index in [2.05, 4.69) is 103 Å². The van der Waals surface area contributed by atoms with Gasteiger partial charge in [-0.25, -0.2) is 15.0 Å². The molecule has 7 aromatic carbocycles. The zero-order valence-corrected chi connectivity index (χ0v) is 26.7. The average Bonchev–Trinajstić information content (AvgIpc) is 3.76. The predicted molar refractivity (Wildman–Crippen MR) is 202 cm³/mol. The first kappa shape index (κ1) is 28.2. The Morgan fingerprint density at radius 2 is 0.640 bits per heavy atom. The van der Waals surface area contributed by atoms with Crippen molar-refractivity contribution in [1.82, 2.24) is 15.0 Å². The van der Waals surface area contributed by atoms with Crippen molar-refractivity contribution in [2.24, 2.45) is 0 Å². The van der Waals surface area contributed by atoms with E-state index in [0.717, 1.165) is 82.8 Å². The van der Waals surface area contributed by atoms with Crippen molar-refractivity contribution in [1.29, 1.82) is 0 Å². The molecule has 0 fully saturated rings. The number of benzene rings is 7. The Balaban J connectivity index is 1.20. The molecule has 0 aliphatic heterocycles. The molecule has 3 heterocycles. The van der Waals surface area contributed by atoms with E-state index in [1.807, 2.05) is 60.7 Å². The summed E-state index contributed by atoms with van der Waals surface area (Å²) in [5, 5.41) is 4.27. The van der Waals surface area contributed by atoms with Gasteiger partial charge in [0.2, 0.25) is 0 Å². The van der Waals surface area contributed by atoms with Crippen LogP contribution in [0.25, 0.3) is 100 Å². The average molecular weight is 642 g/mol. The Hall–Kier alpha value is -6.85. The molecule has 234 valence electrons. The van der Waals surface area contributed by atoms with Gasteiger partial charge in [0.25, 0.3) is 0 Å². The van der Waals surface area contributed by atoms with Crippen LogP contribution < -0.4 is 0 Å². The van der Waals surface area contributed by atoms with Gasteiger partial charge >= 0.3 is 0 Å². The Morgan fingerprint density at radius 3 is 1.12 bits per heavy atom. The standard InChI is InChI=1S/C45H27N3O2/c1-3-11-28(12-4-1)32-23-33(29-13-5-2-6-14-29)25-34(24-32)45-47-43(30-19-21-37-35-15-7-9-17-39(35)49-41(37)26-30)46-44(48-45)31-20-22-38-36-16-8-10-18-40(36)50-42(38)27-31/h1-27H. The summed E-state index contributed by atoms with van der Waals surface area (Å²) < 4.78 is 12.5. The summed E-state index contributed by atoms with van der Waals surface area (Å²) in [4.78, 5) is 15.4. The highest BCUT2D eigenvalue weighted by Crippen LogP contribution is 2.36. The molecule has 0 amide bonds. The third kappa shape index (κ3) is 4.83. The van der Waals surface area contributed by atoms with Gasteiger partial charge in [-0.2, -0.15) is 0 Å². The molecule has 50 heavy (non-hydrogen) atoms. The Kier molecular flexibility index (Phi) is 6.42. The van der Waals surface area contributed by atoms with Crippen LogP contribution in [0.5, 0.6) is 0 Å². The molecular weight excluding hydrogens is 615 g/mol. The molecule has 0 aliphatic carbocycles. The Bertz CT molecular complexity index is 2680. The number of nitrogens with zero attached hydrogens (tertiary/aromatic N) is 3. The normalized spacial score (nSPS) is 11.6. The van der Waals surface area contributed by atoms with Gasteiger partial charge in [0, 0.05) is 38.2 Å². The van der Waals surface area contributed by atoms with Crippen LogP contribution in [0.2, 0.25) is 0 Å². The number of hydrogen-bond donors (Lipinski definition) is 0. The van der Waals surface area contributed by atoms with Gasteiger partial charge < -0.3 is 8.83 Å². The van der Waals surface area contributed by atoms with Crippen LogP contribution in [0, 0.1) is 0 Å². The van der Waals surface area contributed by atoms with Gasteiger partial charge in [0.05, 0.1) is 0 Å². The number of fused-ring (bicyclic) bond motifs is 6. The zero-order valence-electron chi connectivity index (χ0n) is 26.7. The Morgan fingerprint density at radius 1 is 0.260 bits per heavy atom. The van der Waals surface area contributed by atoms with Crippen LogP contribution in [0.1, 0.15) is 0 Å². The molecule has 0 bridgehead atoms. The highest BCUT2D eigenvalue weighted by atomic mass is 16.3. The molecule has 0 radical (unpaired) electrons. The summed E-state index contributed by atoms with van der Waals surface area (Å²) in [6.07, 6.45) is 0. The summed E-state index contributed by atoms with van der Waals surface area (Å²) in [5.41, 5.74) is 10.2. The van der Waals surface area contributed by atoms with E-state index in [1.165, 1.54) is 0 Å². The second-order valence-corrected chi connectivity index (χ2v) is 12.5. The molecule has 0 N–H and O–H groups in total. The van der Waals surface area contributed by atoms with Crippen molar-refractivity contribution >= 4 is 43.9 Å². The van der Waals surface area contributed by atoms with E-state index in [0.29, 0.717) is 17.5 Å². The second-order valence-electron chi connectivity index (χ2n) is 12.5. The maximum atomic E-state index is 6.27. The van der Waals surface area contributed by atoms with Gasteiger partial charge in [-0.05, 0) is 76.9 Å². The summed E-state index contributed by atoms with van der Waals surface area (Å²) in [6, 6.07) is 55.9. The molecule has 0 saturated heterocycles. The summed E-state index contributed by atoms with van der Waals surface area (Å²) in [5.74, 6) is 1.70. The lowest BCUT2D eigenvalue weighted by Crippen LogP contribution is -2.00. The van der Waals surface area contributed by atoms with Crippen molar-refractivity contribution < 1.29 is 8.83 Å². The van der Waals surface area contributed by atoms with E-state index in [1.54, 1.807) is 0 Å². The van der Waals surface area contributed by atoms with Crippen molar-refractivity contribution in [3.05, 3.63) is 164 Å². The first-order valence-electron chi connectivity index (χ1n) is 16.6. The molecule has 0 aliphatic rings. The van der Waals surface area contributed by atoms with E-state index >= 15 is 0 Å². The van der Waals surface area contributed by atoms with E-state index in [-0.39, 0.29) is 0 Å². The molecule has 0 unspecified atom stereocenters. The minimum absolute atomic E-state index is 0.559. The van der Waals surface area contributed by atoms with Crippen LogP contribution in [-0.2, 0) is 0 Å². The van der Waals surface area contributed by atoms with Crippen LogP contribution >= 0.6 is 0 Å². The lowest BCUT2D eigenvalue weighted by atomic mass is 9.96. The minimum atomic E-state index is 0.559. The summed E-state index contributed by atoms with van der Waals surface area (Å²) >= 11 is 0. The second kappa shape index (κ2) is 11.4. The number of hydrogen-bond acceptors (Lipinski definition) is 5. The number of furan rings is 2. The van der Waals surface area contributed by atoms with Crippen LogP contribution in [0.15, 0.2) is 173 Å². The van der Waals surface area contributed by atoms with Crippen LogP contribution in [-0.4, -0.2) is 15.0 Å². The van der Waals surface area contributed by atoms with Crippen molar-refractivity contribution in [3.63, 3.8) is 0 Å². The van der Waals surface area contributed by atoms with E-state index in [9.17, 15) is 0 Å². The van der Waals surface area contributed by atoms with Gasteiger partial charge in [-0.15, -0.1) is 0 Å². The van der Waals surface area contributed by atoms with Gasteiger partial charge in [0.15, 0.2) is 17.5 Å². The maximum absolute atomic E-state index is 6.27. The van der Waals surface area contributed by atoms with Gasteiger partial charge in [-0.3, -0.25) is 0 Å². The Labute approximate surface area is 287 Å². The molecule has 10 aromatic rings. The van der Waals surface area contributed by atoms with Crippen molar-refractivity contribution in [2.75, 3.05) is 0 Å². The van der Waals surface area contributed by atoms with Crippen LogP contribution in [0.3, 0.4) is 0 Å². The van der Waals surface area contributed by atoms with Gasteiger partial charge in [-0.1, -0.05) is 109 Å². The smallest absolute Gasteiger partial charge is 0.164 e. The fourth-order valence-electron chi connectivity index (χ4n) is 6.84. The van der Waals surface area contributed by atoms with E-state index in [4.69, 9.17) is 23.8 Å². The van der Waals surface area contributed by atoms with Crippen LogP contribution in [0.4, 0.5) is 0 Å². The third-order valence-electron chi connectivity index (χ3n) is 9.31. The fraction of sp³-hybridized carbons (Fsp3) is 0. The quantitative estimate of drug-likeness (QED) is 0.187. The molecular formula is C45H27N3O2. The van der Waals surface area contributed by atoms with E-state index < -0.39 is 0 Å².